The number of carbonyl (C=O) groups excluding carboxylic acids is 1. The number of nitrogens with zero attached hydrogens (tertiary/aromatic N) is 3. The summed E-state index contributed by atoms with van der Waals surface area (Å²) in [6, 6.07) is 7.46. The highest BCUT2D eigenvalue weighted by atomic mass is 32.2. The van der Waals surface area contributed by atoms with E-state index in [-0.39, 0.29) is 11.5 Å². The van der Waals surface area contributed by atoms with Crippen molar-refractivity contribution in [3.8, 4) is 0 Å². The van der Waals surface area contributed by atoms with E-state index < -0.39 is 0 Å². The van der Waals surface area contributed by atoms with E-state index in [4.69, 9.17) is 4.98 Å². The molecule has 0 radical (unpaired) electrons. The van der Waals surface area contributed by atoms with Crippen molar-refractivity contribution >= 4 is 28.6 Å². The summed E-state index contributed by atoms with van der Waals surface area (Å²) in [6.07, 6.45) is 7.28. The Labute approximate surface area is 170 Å². The molecule has 28 heavy (non-hydrogen) atoms. The van der Waals surface area contributed by atoms with Crippen molar-refractivity contribution in [1.82, 2.24) is 14.5 Å². The van der Waals surface area contributed by atoms with Crippen LogP contribution in [0.4, 0.5) is 0 Å². The van der Waals surface area contributed by atoms with Crippen molar-refractivity contribution in [1.29, 1.82) is 0 Å². The smallest absolute Gasteiger partial charge is 0.262 e. The van der Waals surface area contributed by atoms with Crippen LogP contribution in [0, 0.1) is 11.8 Å². The summed E-state index contributed by atoms with van der Waals surface area (Å²) in [6.45, 7) is 4.47. The summed E-state index contributed by atoms with van der Waals surface area (Å²) in [4.78, 5) is 32.4. The Balaban J connectivity index is 1.48. The molecule has 2 aromatic rings. The van der Waals surface area contributed by atoms with E-state index >= 15 is 0 Å². The summed E-state index contributed by atoms with van der Waals surface area (Å²) in [5, 5.41) is 1.30. The fraction of sp³-hybridized carbons (Fsp3) is 0.591. The van der Waals surface area contributed by atoms with Crippen LogP contribution in [0.1, 0.15) is 45.4 Å². The Morgan fingerprint density at radius 1 is 1.18 bits per heavy atom. The first kappa shape index (κ1) is 19.5. The topological polar surface area (TPSA) is 55.2 Å². The van der Waals surface area contributed by atoms with Gasteiger partial charge in [-0.15, -0.1) is 0 Å². The van der Waals surface area contributed by atoms with Crippen molar-refractivity contribution in [2.75, 3.05) is 18.8 Å². The third kappa shape index (κ3) is 3.97. The van der Waals surface area contributed by atoms with Gasteiger partial charge in [-0.25, -0.2) is 4.98 Å². The van der Waals surface area contributed by atoms with Crippen LogP contribution in [0.3, 0.4) is 0 Å². The molecule has 0 N–H and O–H groups in total. The van der Waals surface area contributed by atoms with Crippen molar-refractivity contribution in [3.05, 3.63) is 34.6 Å². The monoisotopic (exact) mass is 399 g/mol. The zero-order valence-electron chi connectivity index (χ0n) is 16.6. The van der Waals surface area contributed by atoms with Crippen molar-refractivity contribution in [2.45, 2.75) is 57.1 Å². The minimum atomic E-state index is -0.00887. The van der Waals surface area contributed by atoms with E-state index in [1.165, 1.54) is 37.4 Å². The van der Waals surface area contributed by atoms with Gasteiger partial charge in [0.05, 0.1) is 16.7 Å². The van der Waals surface area contributed by atoms with Crippen molar-refractivity contribution in [3.63, 3.8) is 0 Å². The van der Waals surface area contributed by atoms with Gasteiger partial charge in [0.2, 0.25) is 5.91 Å². The maximum Gasteiger partial charge on any atom is 0.262 e. The number of piperidine rings is 1. The van der Waals surface area contributed by atoms with E-state index in [2.05, 4.69) is 6.92 Å². The average molecular weight is 400 g/mol. The molecule has 1 amide bonds. The number of aromatic nitrogens is 2. The van der Waals surface area contributed by atoms with Crippen molar-refractivity contribution < 1.29 is 4.79 Å². The number of thioether (sulfide) groups is 1. The molecule has 2 heterocycles. The van der Waals surface area contributed by atoms with Gasteiger partial charge < -0.3 is 4.90 Å². The zero-order chi connectivity index (χ0) is 19.5. The maximum absolute atomic E-state index is 12.9. The molecule has 1 saturated heterocycles. The number of para-hydroxylation sites is 1. The van der Waals surface area contributed by atoms with Gasteiger partial charge in [-0.1, -0.05) is 50.1 Å². The second kappa shape index (κ2) is 8.68. The first-order valence-electron chi connectivity index (χ1n) is 10.6. The van der Waals surface area contributed by atoms with Gasteiger partial charge in [0.1, 0.15) is 0 Å². The summed E-state index contributed by atoms with van der Waals surface area (Å²) in [7, 11) is 0. The van der Waals surface area contributed by atoms with Gasteiger partial charge >= 0.3 is 0 Å². The second-order valence-corrected chi connectivity index (χ2v) is 9.03. The van der Waals surface area contributed by atoms with E-state index in [0.29, 0.717) is 34.3 Å². The minimum absolute atomic E-state index is 0.00887. The number of carbonyl (C=O) groups is 1. The molecule has 0 bridgehead atoms. The van der Waals surface area contributed by atoms with Crippen LogP contribution >= 0.6 is 11.8 Å². The summed E-state index contributed by atoms with van der Waals surface area (Å²) >= 11 is 1.41. The highest BCUT2D eigenvalue weighted by Crippen LogP contribution is 2.36. The fourth-order valence-corrected chi connectivity index (χ4v) is 5.65. The van der Waals surface area contributed by atoms with Crippen LogP contribution in [0.5, 0.6) is 0 Å². The first-order chi connectivity index (χ1) is 13.7. The molecule has 1 aromatic heterocycles. The molecule has 2 fully saturated rings. The van der Waals surface area contributed by atoms with Crippen LogP contribution < -0.4 is 5.56 Å². The summed E-state index contributed by atoms with van der Waals surface area (Å²) in [5.74, 6) is 2.04. The van der Waals surface area contributed by atoms with Crippen LogP contribution in [-0.2, 0) is 11.3 Å². The molecule has 6 heteroatoms. The maximum atomic E-state index is 12.9. The lowest BCUT2D eigenvalue weighted by molar-refractivity contribution is -0.131. The Kier molecular flexibility index (Phi) is 6.04. The minimum Gasteiger partial charge on any atom is -0.342 e. The molecule has 4 rings (SSSR count). The molecule has 2 atom stereocenters. The highest BCUT2D eigenvalue weighted by Gasteiger charge is 2.32. The Hall–Kier alpha value is -1.82. The molecule has 150 valence electrons. The molecule has 5 nitrogen and oxygen atoms in total. The molecule has 1 saturated carbocycles. The number of fused-ring (bicyclic) bond motifs is 2. The predicted molar refractivity (Wildman–Crippen MR) is 114 cm³/mol. The van der Waals surface area contributed by atoms with Gasteiger partial charge in [0.15, 0.2) is 5.16 Å². The second-order valence-electron chi connectivity index (χ2n) is 8.09. The molecular weight excluding hydrogens is 370 g/mol. The molecule has 1 aliphatic heterocycles. The van der Waals surface area contributed by atoms with Crippen LogP contribution in [0.25, 0.3) is 10.9 Å². The van der Waals surface area contributed by atoms with Gasteiger partial charge in [-0.2, -0.15) is 0 Å². The Morgan fingerprint density at radius 2 is 1.96 bits per heavy atom. The molecule has 0 spiro atoms. The van der Waals surface area contributed by atoms with Crippen LogP contribution in [0.15, 0.2) is 34.2 Å². The Morgan fingerprint density at radius 3 is 2.79 bits per heavy atom. The predicted octanol–water partition coefficient (Wildman–Crippen LogP) is 3.94. The quantitative estimate of drug-likeness (QED) is 0.564. The fourth-order valence-electron chi connectivity index (χ4n) is 4.72. The van der Waals surface area contributed by atoms with Gasteiger partial charge in [0.25, 0.3) is 5.56 Å². The van der Waals surface area contributed by atoms with Gasteiger partial charge in [-0.05, 0) is 43.2 Å². The molecular formula is C22H29N3O2S. The standard InChI is InChI=1S/C22H29N3O2S/c1-2-12-25-21(27)18-9-5-6-10-19(18)23-22(25)28-15-20(26)24-13-11-16-7-3-4-8-17(16)14-24/h5-6,9-10,16-17H,2-4,7-8,11-15H2,1H3/t16-,17-/m1/s1. The van der Waals surface area contributed by atoms with E-state index in [0.717, 1.165) is 31.8 Å². The third-order valence-corrected chi connectivity index (χ3v) is 7.20. The number of rotatable bonds is 5. The summed E-state index contributed by atoms with van der Waals surface area (Å²) in [5.41, 5.74) is 0.697. The normalized spacial score (nSPS) is 22.2. The molecule has 1 aliphatic carbocycles. The lowest BCUT2D eigenvalue weighted by atomic mass is 9.75. The van der Waals surface area contributed by atoms with E-state index in [1.807, 2.05) is 29.2 Å². The average Bonchev–Trinajstić information content (AvgIpc) is 2.74. The van der Waals surface area contributed by atoms with Gasteiger partial charge in [-0.3, -0.25) is 14.2 Å². The zero-order valence-corrected chi connectivity index (χ0v) is 17.4. The number of benzene rings is 1. The Bertz CT molecular complexity index is 910. The number of likely N-dealkylation sites (tertiary alicyclic amines) is 1. The summed E-state index contributed by atoms with van der Waals surface area (Å²) < 4.78 is 1.73. The number of hydrogen-bond donors (Lipinski definition) is 0. The molecule has 0 unspecified atom stereocenters. The lowest BCUT2D eigenvalue weighted by Crippen LogP contribution is -2.45. The van der Waals surface area contributed by atoms with Crippen LogP contribution in [0.2, 0.25) is 0 Å². The van der Waals surface area contributed by atoms with Crippen LogP contribution in [-0.4, -0.2) is 39.2 Å². The van der Waals surface area contributed by atoms with E-state index in [1.54, 1.807) is 4.57 Å². The van der Waals surface area contributed by atoms with Crippen molar-refractivity contribution in [2.24, 2.45) is 11.8 Å². The van der Waals surface area contributed by atoms with Gasteiger partial charge in [0, 0.05) is 19.6 Å². The lowest BCUT2D eigenvalue weighted by Gasteiger charge is -2.41. The molecule has 2 aliphatic rings. The van der Waals surface area contributed by atoms with E-state index in [9.17, 15) is 9.59 Å². The first-order valence-corrected chi connectivity index (χ1v) is 11.6. The SMILES string of the molecule is CCCn1c(SCC(=O)N2CC[C@H]3CCCC[C@@H]3C2)nc2ccccc2c1=O. The number of hydrogen-bond acceptors (Lipinski definition) is 4. The largest absolute Gasteiger partial charge is 0.342 e. The third-order valence-electron chi connectivity index (χ3n) is 6.24. The number of amides is 1. The molecule has 1 aromatic carbocycles. The highest BCUT2D eigenvalue weighted by molar-refractivity contribution is 7.99.